The van der Waals surface area contributed by atoms with E-state index in [0.29, 0.717) is 5.69 Å². The summed E-state index contributed by atoms with van der Waals surface area (Å²) in [7, 11) is 1.75. The molecule has 1 aromatic heterocycles. The van der Waals surface area contributed by atoms with Crippen molar-refractivity contribution in [3.8, 4) is 0 Å². The number of nitrogens with zero attached hydrogens (tertiary/aromatic N) is 2. The summed E-state index contributed by atoms with van der Waals surface area (Å²) in [6.07, 6.45) is 0. The van der Waals surface area contributed by atoms with Crippen LogP contribution < -0.4 is 11.1 Å². The molecule has 5 nitrogen and oxygen atoms in total. The van der Waals surface area contributed by atoms with Crippen molar-refractivity contribution in [2.45, 2.75) is 19.9 Å². The molecule has 3 N–H and O–H groups in total. The number of carbonyl (C=O) groups excluding carboxylic acids is 1. The fourth-order valence-corrected chi connectivity index (χ4v) is 2.02. The van der Waals surface area contributed by atoms with Gasteiger partial charge < -0.3 is 11.1 Å². The van der Waals surface area contributed by atoms with E-state index in [2.05, 4.69) is 10.4 Å². The molecule has 0 radical (unpaired) electrons. The summed E-state index contributed by atoms with van der Waals surface area (Å²) in [6.45, 7) is 3.74. The van der Waals surface area contributed by atoms with Gasteiger partial charge in [0, 0.05) is 18.8 Å². The van der Waals surface area contributed by atoms with Crippen LogP contribution >= 0.6 is 0 Å². The van der Waals surface area contributed by atoms with Crippen LogP contribution in [0.1, 0.15) is 34.7 Å². The van der Waals surface area contributed by atoms with Crippen LogP contribution in [0.4, 0.5) is 5.69 Å². The average Bonchev–Trinajstić information content (AvgIpc) is 2.69. The number of benzene rings is 1. The zero-order valence-electron chi connectivity index (χ0n) is 11.3. The van der Waals surface area contributed by atoms with Crippen LogP contribution in [0.3, 0.4) is 0 Å². The maximum absolute atomic E-state index is 12.2. The maximum Gasteiger partial charge on any atom is 0.273 e. The van der Waals surface area contributed by atoms with Crippen molar-refractivity contribution < 1.29 is 4.79 Å². The Bertz CT molecular complexity index is 601. The molecule has 0 aliphatic carbocycles. The summed E-state index contributed by atoms with van der Waals surface area (Å²) >= 11 is 0. The third-order valence-corrected chi connectivity index (χ3v) is 2.93. The molecular formula is C14H18N4O. The van der Waals surface area contributed by atoms with Gasteiger partial charge in [-0.05, 0) is 31.5 Å². The molecule has 0 aliphatic rings. The Kier molecular flexibility index (Phi) is 3.66. The van der Waals surface area contributed by atoms with Crippen LogP contribution in [-0.4, -0.2) is 15.7 Å². The first-order valence-electron chi connectivity index (χ1n) is 6.15. The van der Waals surface area contributed by atoms with Crippen LogP contribution in [0, 0.1) is 6.92 Å². The Morgan fingerprint density at radius 3 is 2.68 bits per heavy atom. The molecule has 2 aromatic rings. The number of carbonyl (C=O) groups is 1. The van der Waals surface area contributed by atoms with Crippen molar-refractivity contribution >= 4 is 11.6 Å². The lowest BCUT2D eigenvalue weighted by Crippen LogP contribution is -2.18. The highest BCUT2D eigenvalue weighted by molar-refractivity contribution is 6.03. The Hall–Kier alpha value is -2.14. The lowest BCUT2D eigenvalue weighted by atomic mass is 10.1. The molecule has 100 valence electrons. The first kappa shape index (κ1) is 13.3. The highest BCUT2D eigenvalue weighted by Crippen LogP contribution is 2.21. The van der Waals surface area contributed by atoms with E-state index in [-0.39, 0.29) is 11.9 Å². The molecule has 1 aromatic carbocycles. The fraction of sp³-hybridized carbons (Fsp3) is 0.286. The van der Waals surface area contributed by atoms with Crippen LogP contribution in [-0.2, 0) is 7.05 Å². The lowest BCUT2D eigenvalue weighted by molar-refractivity contribution is 0.101. The number of amides is 1. The third-order valence-electron chi connectivity index (χ3n) is 2.93. The van der Waals surface area contributed by atoms with Crippen molar-refractivity contribution in [2.75, 3.05) is 5.32 Å². The molecule has 19 heavy (non-hydrogen) atoms. The summed E-state index contributed by atoms with van der Waals surface area (Å²) in [5.41, 5.74) is 8.88. The SMILES string of the molecule is Cc1cc(C(=O)Nc2ccccc2C(C)N)n(C)n1. The van der Waals surface area contributed by atoms with E-state index in [4.69, 9.17) is 5.73 Å². The van der Waals surface area contributed by atoms with E-state index in [1.54, 1.807) is 17.8 Å². The van der Waals surface area contributed by atoms with Gasteiger partial charge in [0.15, 0.2) is 0 Å². The smallest absolute Gasteiger partial charge is 0.273 e. The molecule has 0 aliphatic heterocycles. The van der Waals surface area contributed by atoms with Gasteiger partial charge in [0.05, 0.1) is 5.69 Å². The number of hydrogen-bond acceptors (Lipinski definition) is 3. The number of para-hydroxylation sites is 1. The van der Waals surface area contributed by atoms with E-state index in [1.165, 1.54) is 0 Å². The van der Waals surface area contributed by atoms with E-state index in [9.17, 15) is 4.79 Å². The predicted molar refractivity (Wildman–Crippen MR) is 74.9 cm³/mol. The minimum absolute atomic E-state index is 0.134. The molecular weight excluding hydrogens is 240 g/mol. The Morgan fingerprint density at radius 2 is 2.11 bits per heavy atom. The van der Waals surface area contributed by atoms with Gasteiger partial charge in [-0.3, -0.25) is 9.48 Å². The first-order valence-corrected chi connectivity index (χ1v) is 6.15. The van der Waals surface area contributed by atoms with E-state index in [1.807, 2.05) is 38.1 Å². The van der Waals surface area contributed by atoms with Crippen LogP contribution in [0.25, 0.3) is 0 Å². The summed E-state index contributed by atoms with van der Waals surface area (Å²) < 4.78 is 1.57. The number of nitrogens with one attached hydrogen (secondary N) is 1. The Balaban J connectivity index is 2.27. The molecule has 5 heteroatoms. The Morgan fingerprint density at radius 1 is 1.42 bits per heavy atom. The molecule has 0 saturated heterocycles. The predicted octanol–water partition coefficient (Wildman–Crippen LogP) is 2.00. The standard InChI is InChI=1S/C14H18N4O/c1-9-8-13(18(3)17-9)14(19)16-12-7-5-4-6-11(12)10(2)15/h4-8,10H,15H2,1-3H3,(H,16,19). The van der Waals surface area contributed by atoms with Crippen molar-refractivity contribution in [1.29, 1.82) is 0 Å². The molecule has 2 rings (SSSR count). The zero-order chi connectivity index (χ0) is 14.0. The summed E-state index contributed by atoms with van der Waals surface area (Å²) in [5.74, 6) is -0.184. The molecule has 1 heterocycles. The van der Waals surface area contributed by atoms with Crippen LogP contribution in [0.5, 0.6) is 0 Å². The first-order chi connectivity index (χ1) is 8.99. The van der Waals surface area contributed by atoms with Crippen molar-refractivity contribution in [3.05, 3.63) is 47.3 Å². The highest BCUT2D eigenvalue weighted by atomic mass is 16.2. The maximum atomic E-state index is 12.2. The number of anilines is 1. The number of hydrogen-bond donors (Lipinski definition) is 2. The van der Waals surface area contributed by atoms with Gasteiger partial charge in [-0.25, -0.2) is 0 Å². The second-order valence-corrected chi connectivity index (χ2v) is 4.62. The molecule has 0 fully saturated rings. The van der Waals surface area contributed by atoms with Gasteiger partial charge in [0.1, 0.15) is 5.69 Å². The van der Waals surface area contributed by atoms with Gasteiger partial charge in [0.2, 0.25) is 0 Å². The van der Waals surface area contributed by atoms with E-state index in [0.717, 1.165) is 16.9 Å². The molecule has 1 unspecified atom stereocenters. The summed E-state index contributed by atoms with van der Waals surface area (Å²) in [6, 6.07) is 9.15. The van der Waals surface area contributed by atoms with Gasteiger partial charge in [-0.15, -0.1) is 0 Å². The molecule has 0 bridgehead atoms. The number of aryl methyl sites for hydroxylation is 2. The average molecular weight is 258 g/mol. The van der Waals surface area contributed by atoms with Crippen molar-refractivity contribution in [2.24, 2.45) is 12.8 Å². The number of rotatable bonds is 3. The highest BCUT2D eigenvalue weighted by Gasteiger charge is 2.14. The van der Waals surface area contributed by atoms with Gasteiger partial charge in [0.25, 0.3) is 5.91 Å². The number of nitrogens with two attached hydrogens (primary N) is 1. The van der Waals surface area contributed by atoms with Crippen LogP contribution in [0.15, 0.2) is 30.3 Å². The summed E-state index contributed by atoms with van der Waals surface area (Å²) in [4.78, 5) is 12.2. The normalized spacial score (nSPS) is 12.2. The quantitative estimate of drug-likeness (QED) is 0.884. The van der Waals surface area contributed by atoms with Gasteiger partial charge in [-0.1, -0.05) is 18.2 Å². The molecule has 1 amide bonds. The van der Waals surface area contributed by atoms with Crippen molar-refractivity contribution in [1.82, 2.24) is 9.78 Å². The largest absolute Gasteiger partial charge is 0.324 e. The second-order valence-electron chi connectivity index (χ2n) is 4.62. The van der Waals surface area contributed by atoms with E-state index < -0.39 is 0 Å². The van der Waals surface area contributed by atoms with Gasteiger partial charge in [-0.2, -0.15) is 5.10 Å². The molecule has 0 spiro atoms. The minimum Gasteiger partial charge on any atom is -0.324 e. The minimum atomic E-state index is -0.184. The third kappa shape index (κ3) is 2.82. The topological polar surface area (TPSA) is 72.9 Å². The second kappa shape index (κ2) is 5.24. The zero-order valence-corrected chi connectivity index (χ0v) is 11.3. The van der Waals surface area contributed by atoms with E-state index >= 15 is 0 Å². The van der Waals surface area contributed by atoms with Crippen LogP contribution in [0.2, 0.25) is 0 Å². The Labute approximate surface area is 112 Å². The fourth-order valence-electron chi connectivity index (χ4n) is 2.02. The lowest BCUT2D eigenvalue weighted by Gasteiger charge is -2.13. The van der Waals surface area contributed by atoms with Crippen molar-refractivity contribution in [3.63, 3.8) is 0 Å². The van der Waals surface area contributed by atoms with Gasteiger partial charge >= 0.3 is 0 Å². The molecule has 0 saturated carbocycles. The monoisotopic (exact) mass is 258 g/mol. The molecule has 1 atom stereocenters. The number of aromatic nitrogens is 2. The summed E-state index contributed by atoms with van der Waals surface area (Å²) in [5, 5.41) is 7.04.